The molecular weight excluding hydrogens is 238 g/mol. The maximum absolute atomic E-state index is 12.3. The van der Waals surface area contributed by atoms with Crippen molar-refractivity contribution in [2.24, 2.45) is 0 Å². The molecule has 0 aliphatic carbocycles. The number of rotatable bonds is 1. The molecule has 1 N–H and O–H groups in total. The van der Waals surface area contributed by atoms with Gasteiger partial charge in [-0.25, -0.2) is 4.79 Å². The lowest BCUT2D eigenvalue weighted by Crippen LogP contribution is -2.42. The topological polar surface area (TPSA) is 37.3 Å². The molecule has 2 heterocycles. The van der Waals surface area contributed by atoms with Crippen molar-refractivity contribution in [3.05, 3.63) is 54.4 Å². The highest BCUT2D eigenvalue weighted by molar-refractivity contribution is 5.89. The summed E-state index contributed by atoms with van der Waals surface area (Å²) in [5, 5.41) is 2.94. The van der Waals surface area contributed by atoms with Crippen molar-refractivity contribution in [2.45, 2.75) is 19.5 Å². The first-order valence-electron chi connectivity index (χ1n) is 6.53. The summed E-state index contributed by atoms with van der Waals surface area (Å²) in [5.41, 5.74) is 2.02. The van der Waals surface area contributed by atoms with E-state index in [0.29, 0.717) is 0 Å². The summed E-state index contributed by atoms with van der Waals surface area (Å²) in [5.74, 6) is 0. The third-order valence-corrected chi connectivity index (χ3v) is 3.63. The maximum Gasteiger partial charge on any atom is 0.322 e. The van der Waals surface area contributed by atoms with Crippen LogP contribution in [0.15, 0.2) is 48.7 Å². The molecule has 0 bridgehead atoms. The van der Waals surface area contributed by atoms with Crippen LogP contribution in [0.1, 0.15) is 18.7 Å². The first kappa shape index (κ1) is 11.8. The maximum atomic E-state index is 12.3. The van der Waals surface area contributed by atoms with Crippen molar-refractivity contribution >= 4 is 11.7 Å². The van der Waals surface area contributed by atoms with Crippen LogP contribution in [-0.4, -0.2) is 22.0 Å². The predicted molar refractivity (Wildman–Crippen MR) is 75.0 cm³/mol. The van der Waals surface area contributed by atoms with Crippen molar-refractivity contribution in [3.8, 4) is 0 Å². The third-order valence-electron chi connectivity index (χ3n) is 3.63. The van der Waals surface area contributed by atoms with E-state index in [1.165, 1.54) is 5.69 Å². The van der Waals surface area contributed by atoms with Crippen molar-refractivity contribution in [1.29, 1.82) is 0 Å². The fraction of sp³-hybridized carbons (Fsp3) is 0.267. The molecule has 98 valence electrons. The van der Waals surface area contributed by atoms with Gasteiger partial charge in [-0.2, -0.15) is 0 Å². The number of hydrogen-bond donors (Lipinski definition) is 1. The lowest BCUT2D eigenvalue weighted by Gasteiger charge is -2.34. The summed E-state index contributed by atoms with van der Waals surface area (Å²) in [6, 6.07) is 13.7. The number of hydrogen-bond acceptors (Lipinski definition) is 1. The highest BCUT2D eigenvalue weighted by Gasteiger charge is 2.27. The molecular formula is C15H17N3O. The minimum absolute atomic E-state index is 0.0360. The number of nitrogens with one attached hydrogen (secondary N) is 1. The fourth-order valence-corrected chi connectivity index (χ4v) is 2.57. The molecule has 3 rings (SSSR count). The lowest BCUT2D eigenvalue weighted by molar-refractivity contribution is 0.175. The molecule has 1 aromatic heterocycles. The average molecular weight is 255 g/mol. The van der Waals surface area contributed by atoms with Gasteiger partial charge in [0.2, 0.25) is 0 Å². The Kier molecular flexibility index (Phi) is 2.99. The minimum Gasteiger partial charge on any atom is -0.348 e. The Morgan fingerprint density at radius 3 is 2.74 bits per heavy atom. The molecule has 0 saturated heterocycles. The molecule has 1 aromatic carbocycles. The zero-order chi connectivity index (χ0) is 13.2. The summed E-state index contributed by atoms with van der Waals surface area (Å²) in [6.07, 6.45) is 2.07. The van der Waals surface area contributed by atoms with Crippen LogP contribution in [0.25, 0.3) is 0 Å². The third kappa shape index (κ3) is 2.21. The monoisotopic (exact) mass is 255 g/mol. The fourth-order valence-electron chi connectivity index (χ4n) is 2.57. The number of carbonyl (C=O) groups excluding carboxylic acids is 1. The van der Waals surface area contributed by atoms with E-state index in [1.807, 2.05) is 41.3 Å². The van der Waals surface area contributed by atoms with Gasteiger partial charge in [-0.1, -0.05) is 18.2 Å². The van der Waals surface area contributed by atoms with Crippen LogP contribution in [0, 0.1) is 0 Å². The Morgan fingerprint density at radius 1 is 1.16 bits per heavy atom. The van der Waals surface area contributed by atoms with Crippen LogP contribution < -0.4 is 5.32 Å². The van der Waals surface area contributed by atoms with Gasteiger partial charge >= 0.3 is 6.03 Å². The normalized spacial score (nSPS) is 17.9. The first-order chi connectivity index (χ1) is 9.25. The van der Waals surface area contributed by atoms with Gasteiger partial charge in [-0.15, -0.1) is 0 Å². The summed E-state index contributed by atoms with van der Waals surface area (Å²) in [6.45, 7) is 3.66. The molecule has 0 spiro atoms. The van der Waals surface area contributed by atoms with Crippen LogP contribution in [0.3, 0.4) is 0 Å². The SMILES string of the molecule is CC1c2cccn2CCN1C(=O)Nc1ccccc1. The zero-order valence-corrected chi connectivity index (χ0v) is 10.9. The second-order valence-electron chi connectivity index (χ2n) is 4.79. The molecule has 1 aliphatic rings. The van der Waals surface area contributed by atoms with Gasteiger partial charge < -0.3 is 14.8 Å². The predicted octanol–water partition coefficient (Wildman–Crippen LogP) is 3.10. The highest BCUT2D eigenvalue weighted by atomic mass is 16.2. The lowest BCUT2D eigenvalue weighted by atomic mass is 10.1. The molecule has 2 amide bonds. The molecule has 0 fully saturated rings. The van der Waals surface area contributed by atoms with Crippen molar-refractivity contribution in [2.75, 3.05) is 11.9 Å². The smallest absolute Gasteiger partial charge is 0.322 e. The van der Waals surface area contributed by atoms with Crippen LogP contribution in [-0.2, 0) is 6.54 Å². The number of fused-ring (bicyclic) bond motifs is 1. The Hall–Kier alpha value is -2.23. The number of benzene rings is 1. The molecule has 4 nitrogen and oxygen atoms in total. The summed E-state index contributed by atoms with van der Waals surface area (Å²) in [7, 11) is 0. The van der Waals surface area contributed by atoms with Gasteiger partial charge in [-0.3, -0.25) is 0 Å². The van der Waals surface area contributed by atoms with Crippen LogP contribution >= 0.6 is 0 Å². The van der Waals surface area contributed by atoms with E-state index < -0.39 is 0 Å². The molecule has 0 radical (unpaired) electrons. The number of nitrogens with zero attached hydrogens (tertiary/aromatic N) is 2. The Labute approximate surface area is 112 Å². The Balaban J connectivity index is 1.75. The largest absolute Gasteiger partial charge is 0.348 e. The second kappa shape index (κ2) is 4.80. The summed E-state index contributed by atoms with van der Waals surface area (Å²) in [4.78, 5) is 14.2. The molecule has 4 heteroatoms. The van der Waals surface area contributed by atoms with Gasteiger partial charge in [0, 0.05) is 30.7 Å². The number of carbonyl (C=O) groups is 1. The number of anilines is 1. The van der Waals surface area contributed by atoms with E-state index in [4.69, 9.17) is 0 Å². The Bertz CT molecular complexity index is 576. The first-order valence-corrected chi connectivity index (χ1v) is 6.53. The average Bonchev–Trinajstić information content (AvgIpc) is 2.89. The van der Waals surface area contributed by atoms with Crippen LogP contribution in [0.5, 0.6) is 0 Å². The number of amides is 2. The number of para-hydroxylation sites is 1. The van der Waals surface area contributed by atoms with Crippen LogP contribution in [0.4, 0.5) is 10.5 Å². The number of urea groups is 1. The van der Waals surface area contributed by atoms with E-state index in [-0.39, 0.29) is 12.1 Å². The highest BCUT2D eigenvalue weighted by Crippen LogP contribution is 2.25. The van der Waals surface area contributed by atoms with Gasteiger partial charge in [0.25, 0.3) is 0 Å². The van der Waals surface area contributed by atoms with E-state index in [2.05, 4.69) is 29.1 Å². The minimum atomic E-state index is -0.0360. The quantitative estimate of drug-likeness (QED) is 0.835. The Morgan fingerprint density at radius 2 is 1.95 bits per heavy atom. The zero-order valence-electron chi connectivity index (χ0n) is 10.9. The molecule has 1 atom stereocenters. The molecule has 19 heavy (non-hydrogen) atoms. The van der Waals surface area contributed by atoms with E-state index in [1.54, 1.807) is 0 Å². The van der Waals surface area contributed by atoms with Crippen molar-refractivity contribution < 1.29 is 4.79 Å². The second-order valence-corrected chi connectivity index (χ2v) is 4.79. The van der Waals surface area contributed by atoms with Crippen LogP contribution in [0.2, 0.25) is 0 Å². The standard InChI is InChI=1S/C15H17N3O/c1-12-14-8-5-9-17(14)10-11-18(12)15(19)16-13-6-3-2-4-7-13/h2-9,12H,10-11H2,1H3,(H,16,19). The molecule has 0 saturated carbocycles. The molecule has 1 aliphatic heterocycles. The molecule has 2 aromatic rings. The van der Waals surface area contributed by atoms with Gasteiger partial charge in [0.15, 0.2) is 0 Å². The van der Waals surface area contributed by atoms with Crippen molar-refractivity contribution in [3.63, 3.8) is 0 Å². The van der Waals surface area contributed by atoms with E-state index >= 15 is 0 Å². The summed E-state index contributed by atoms with van der Waals surface area (Å²) >= 11 is 0. The molecule has 1 unspecified atom stereocenters. The van der Waals surface area contributed by atoms with Gasteiger partial charge in [0.05, 0.1) is 6.04 Å². The summed E-state index contributed by atoms with van der Waals surface area (Å²) < 4.78 is 2.21. The van der Waals surface area contributed by atoms with Crippen molar-refractivity contribution in [1.82, 2.24) is 9.47 Å². The number of aromatic nitrogens is 1. The van der Waals surface area contributed by atoms with E-state index in [0.717, 1.165) is 18.8 Å². The van der Waals surface area contributed by atoms with Gasteiger partial charge in [-0.05, 0) is 31.2 Å². The van der Waals surface area contributed by atoms with Gasteiger partial charge in [0.1, 0.15) is 0 Å². The van der Waals surface area contributed by atoms with E-state index in [9.17, 15) is 4.79 Å².